The molecule has 30 heavy (non-hydrogen) atoms. The molecule has 2 heterocycles. The largest absolute Gasteiger partial charge is 0.274 e. The molecule has 0 bridgehead atoms. The fraction of sp³-hybridized carbons (Fsp3) is 0.0455. The van der Waals surface area contributed by atoms with E-state index in [2.05, 4.69) is 25.8 Å². The molecule has 4 aromatic rings. The van der Waals surface area contributed by atoms with E-state index >= 15 is 0 Å². The van der Waals surface area contributed by atoms with Crippen molar-refractivity contribution in [1.82, 2.24) is 25.4 Å². The van der Waals surface area contributed by atoms with E-state index in [1.54, 1.807) is 6.92 Å². The Hall–Kier alpha value is -4.33. The molecule has 8 nitrogen and oxygen atoms in total. The third-order valence-corrected chi connectivity index (χ3v) is 4.50. The summed E-state index contributed by atoms with van der Waals surface area (Å²) in [5.74, 6) is 0.0106. The molecule has 0 aliphatic heterocycles. The first-order valence-electron chi connectivity index (χ1n) is 9.23. The van der Waals surface area contributed by atoms with Gasteiger partial charge in [0.05, 0.1) is 23.2 Å². The maximum atomic E-state index is 12.8. The van der Waals surface area contributed by atoms with Crippen LogP contribution in [-0.2, 0) is 0 Å². The molecule has 148 valence electrons. The lowest BCUT2D eigenvalue weighted by molar-refractivity contribution is 0.0954. The summed E-state index contributed by atoms with van der Waals surface area (Å²) in [6, 6.07) is 22.1. The normalized spacial score (nSPS) is 10.4. The maximum Gasteiger partial charge on any atom is 0.274 e. The summed E-state index contributed by atoms with van der Waals surface area (Å²) in [6.07, 6.45) is 1.44. The third-order valence-electron chi connectivity index (χ3n) is 4.50. The summed E-state index contributed by atoms with van der Waals surface area (Å²) < 4.78 is 1.48. The number of nitrogens with one attached hydrogen (secondary N) is 2. The standard InChI is InChI=1S/C22H18N6O2/c1-15-18(14-23-28(15)19-12-13-20(29)25-24-19)22(30)27-26-21(16-8-4-2-5-9-16)17-10-6-3-7-11-17/h2-14H,1H3,(H,25,29)(H,27,30). The van der Waals surface area contributed by atoms with Crippen molar-refractivity contribution in [3.8, 4) is 5.82 Å². The number of H-pyrrole nitrogens is 1. The zero-order chi connectivity index (χ0) is 20.9. The molecule has 0 saturated heterocycles. The minimum atomic E-state index is -0.396. The molecule has 0 radical (unpaired) electrons. The Morgan fingerprint density at radius 1 is 0.967 bits per heavy atom. The van der Waals surface area contributed by atoms with Gasteiger partial charge < -0.3 is 0 Å². The Bertz CT molecular complexity index is 1200. The van der Waals surface area contributed by atoms with Crippen molar-refractivity contribution in [3.63, 3.8) is 0 Å². The highest BCUT2D eigenvalue weighted by Crippen LogP contribution is 2.13. The average molecular weight is 398 g/mol. The van der Waals surface area contributed by atoms with Crippen LogP contribution in [0.4, 0.5) is 0 Å². The van der Waals surface area contributed by atoms with E-state index in [4.69, 9.17) is 0 Å². The van der Waals surface area contributed by atoms with Crippen molar-refractivity contribution in [2.24, 2.45) is 5.10 Å². The molecule has 4 rings (SSSR count). The van der Waals surface area contributed by atoms with Gasteiger partial charge in [-0.05, 0) is 13.0 Å². The van der Waals surface area contributed by atoms with Gasteiger partial charge >= 0.3 is 0 Å². The van der Waals surface area contributed by atoms with Crippen LogP contribution in [0.3, 0.4) is 0 Å². The number of hydrogen-bond donors (Lipinski definition) is 2. The van der Waals surface area contributed by atoms with Gasteiger partial charge in [-0.1, -0.05) is 60.7 Å². The van der Waals surface area contributed by atoms with Crippen molar-refractivity contribution in [3.05, 3.63) is 112 Å². The van der Waals surface area contributed by atoms with Crippen LogP contribution in [0.25, 0.3) is 5.82 Å². The van der Waals surface area contributed by atoms with Gasteiger partial charge in [0.1, 0.15) is 0 Å². The predicted octanol–water partition coefficient (Wildman–Crippen LogP) is 2.45. The number of hydrazone groups is 1. The minimum absolute atomic E-state index is 0.315. The average Bonchev–Trinajstić information content (AvgIpc) is 3.17. The van der Waals surface area contributed by atoms with Gasteiger partial charge in [0, 0.05) is 17.2 Å². The molecular weight excluding hydrogens is 380 g/mol. The summed E-state index contributed by atoms with van der Waals surface area (Å²) in [4.78, 5) is 24.0. The van der Waals surface area contributed by atoms with E-state index in [-0.39, 0.29) is 5.56 Å². The number of rotatable bonds is 5. The molecule has 0 spiro atoms. The van der Waals surface area contributed by atoms with Crippen molar-refractivity contribution < 1.29 is 4.79 Å². The topological polar surface area (TPSA) is 105 Å². The summed E-state index contributed by atoms with van der Waals surface area (Å²) in [5.41, 5.74) is 5.66. The zero-order valence-electron chi connectivity index (χ0n) is 16.1. The van der Waals surface area contributed by atoms with Gasteiger partial charge in [-0.2, -0.15) is 15.3 Å². The van der Waals surface area contributed by atoms with Crippen LogP contribution < -0.4 is 11.0 Å². The highest BCUT2D eigenvalue weighted by Gasteiger charge is 2.16. The summed E-state index contributed by atoms with van der Waals surface area (Å²) in [7, 11) is 0. The Labute approximate surface area is 171 Å². The number of amides is 1. The van der Waals surface area contributed by atoms with Gasteiger partial charge in [0.2, 0.25) is 0 Å². The molecule has 2 N–H and O–H groups in total. The fourth-order valence-corrected chi connectivity index (χ4v) is 2.97. The zero-order valence-corrected chi connectivity index (χ0v) is 16.1. The van der Waals surface area contributed by atoms with Crippen LogP contribution in [-0.4, -0.2) is 31.6 Å². The number of benzene rings is 2. The lowest BCUT2D eigenvalue weighted by Gasteiger charge is -2.08. The quantitative estimate of drug-likeness (QED) is 0.398. The van der Waals surface area contributed by atoms with Gasteiger partial charge in [-0.15, -0.1) is 0 Å². The first-order chi connectivity index (χ1) is 14.6. The van der Waals surface area contributed by atoms with Gasteiger partial charge in [-0.3, -0.25) is 9.59 Å². The van der Waals surface area contributed by atoms with Gasteiger partial charge in [0.15, 0.2) is 5.82 Å². The van der Waals surface area contributed by atoms with Crippen molar-refractivity contribution in [2.75, 3.05) is 0 Å². The molecule has 2 aromatic heterocycles. The summed E-state index contributed by atoms with van der Waals surface area (Å²) in [6.45, 7) is 1.74. The van der Waals surface area contributed by atoms with Crippen LogP contribution >= 0.6 is 0 Å². The first kappa shape index (κ1) is 19.0. The fourth-order valence-electron chi connectivity index (χ4n) is 2.97. The molecule has 1 amide bonds. The Morgan fingerprint density at radius 3 is 2.17 bits per heavy atom. The minimum Gasteiger partial charge on any atom is -0.268 e. The van der Waals surface area contributed by atoms with E-state index in [1.807, 2.05) is 60.7 Å². The number of aromatic amines is 1. The van der Waals surface area contributed by atoms with Crippen molar-refractivity contribution >= 4 is 11.6 Å². The van der Waals surface area contributed by atoms with Gasteiger partial charge in [-0.25, -0.2) is 15.2 Å². The molecule has 0 fully saturated rings. The Balaban J connectivity index is 1.63. The SMILES string of the molecule is Cc1c(C(=O)NN=C(c2ccccc2)c2ccccc2)cnn1-c1ccc(=O)[nH]n1. The van der Waals surface area contributed by atoms with Crippen LogP contribution in [0.1, 0.15) is 27.2 Å². The molecule has 0 saturated carbocycles. The predicted molar refractivity (Wildman–Crippen MR) is 113 cm³/mol. The smallest absolute Gasteiger partial charge is 0.268 e. The van der Waals surface area contributed by atoms with Crippen LogP contribution in [0.15, 0.2) is 88.9 Å². The molecule has 0 atom stereocenters. The van der Waals surface area contributed by atoms with E-state index in [0.29, 0.717) is 22.8 Å². The molecule has 0 aliphatic rings. The number of carbonyl (C=O) groups is 1. The second-order valence-electron chi connectivity index (χ2n) is 6.47. The highest BCUT2D eigenvalue weighted by molar-refractivity contribution is 6.13. The van der Waals surface area contributed by atoms with Gasteiger partial charge in [0.25, 0.3) is 11.5 Å². The molecule has 2 aromatic carbocycles. The Kier molecular flexibility index (Phi) is 5.29. The number of nitrogens with zero attached hydrogens (tertiary/aromatic N) is 4. The maximum absolute atomic E-state index is 12.8. The first-order valence-corrected chi connectivity index (χ1v) is 9.23. The number of hydrogen-bond acceptors (Lipinski definition) is 5. The van der Waals surface area contributed by atoms with E-state index in [1.165, 1.54) is 23.0 Å². The summed E-state index contributed by atoms with van der Waals surface area (Å²) >= 11 is 0. The second kappa shape index (κ2) is 8.36. The van der Waals surface area contributed by atoms with Crippen LogP contribution in [0.5, 0.6) is 0 Å². The molecule has 0 aliphatic carbocycles. The van der Waals surface area contributed by atoms with Crippen molar-refractivity contribution in [2.45, 2.75) is 6.92 Å². The molecule has 8 heteroatoms. The third kappa shape index (κ3) is 3.93. The number of aromatic nitrogens is 4. The lowest BCUT2D eigenvalue weighted by Crippen LogP contribution is -2.21. The van der Waals surface area contributed by atoms with Crippen molar-refractivity contribution in [1.29, 1.82) is 0 Å². The molecule has 0 unspecified atom stereocenters. The second-order valence-corrected chi connectivity index (χ2v) is 6.47. The lowest BCUT2D eigenvalue weighted by atomic mass is 10.0. The summed E-state index contributed by atoms with van der Waals surface area (Å²) in [5, 5.41) is 14.9. The molecular formula is C22H18N6O2. The van der Waals surface area contributed by atoms with E-state index in [0.717, 1.165) is 11.1 Å². The highest BCUT2D eigenvalue weighted by atomic mass is 16.2. The van der Waals surface area contributed by atoms with Crippen LogP contribution in [0.2, 0.25) is 0 Å². The van der Waals surface area contributed by atoms with Crippen LogP contribution in [0, 0.1) is 6.92 Å². The van der Waals surface area contributed by atoms with E-state index < -0.39 is 5.91 Å². The number of carbonyl (C=O) groups excluding carboxylic acids is 1. The van der Waals surface area contributed by atoms with E-state index in [9.17, 15) is 9.59 Å². The Morgan fingerprint density at radius 2 is 1.60 bits per heavy atom. The monoisotopic (exact) mass is 398 g/mol.